The van der Waals surface area contributed by atoms with Crippen molar-refractivity contribution < 1.29 is 35.7 Å². The number of rotatable bonds is 1. The Morgan fingerprint density at radius 1 is 1.70 bits per heavy atom. The zero-order valence-electron chi connectivity index (χ0n) is 6.47. The van der Waals surface area contributed by atoms with Crippen molar-refractivity contribution >= 4 is 5.97 Å². The second-order valence-electron chi connectivity index (χ2n) is 1.15. The predicted molar refractivity (Wildman–Crippen MR) is 33.6 cm³/mol. The number of hydrogen-bond donors (Lipinski definition) is 0. The monoisotopic (exact) mass is 219 g/mol. The van der Waals surface area contributed by atoms with Gasteiger partial charge in [-0.1, -0.05) is 0 Å². The summed E-state index contributed by atoms with van der Waals surface area (Å²) in [6.07, 6.45) is 0. The van der Waals surface area contributed by atoms with E-state index < -0.39 is 0 Å². The molecule has 3 nitrogen and oxygen atoms in total. The molecule has 0 aromatic rings. The Hall–Kier alpha value is -0.157. The average molecular weight is 220 g/mol. The van der Waals surface area contributed by atoms with Crippen LogP contribution < -0.4 is 0 Å². The molecule has 0 aliphatic carbocycles. The Bertz CT molecular complexity index is 109. The molecule has 0 atom stereocenters. The Morgan fingerprint density at radius 3 is 2.00 bits per heavy atom. The first kappa shape index (κ1) is 16.4. The van der Waals surface area contributed by atoms with Crippen LogP contribution in [0.2, 0.25) is 0 Å². The molecular formula is C6H11NO2Zr. The third kappa shape index (κ3) is 45.4. The molecule has 0 spiro atoms. The van der Waals surface area contributed by atoms with E-state index in [2.05, 4.69) is 4.74 Å². The van der Waals surface area contributed by atoms with Gasteiger partial charge in [-0.3, -0.25) is 4.79 Å². The number of carbonyl (C=O) groups is 1. The maximum atomic E-state index is 9.82. The summed E-state index contributed by atoms with van der Waals surface area (Å²) < 4.78 is 4.40. The molecule has 0 saturated heterocycles. The van der Waals surface area contributed by atoms with E-state index in [1.165, 1.54) is 13.8 Å². The molecule has 0 N–H and O–H groups in total. The number of nitrogens with zero attached hydrogens (tertiary/aromatic N) is 1. The first-order valence-electron chi connectivity index (χ1n) is 2.63. The number of nitriles is 1. The molecule has 10 heavy (non-hydrogen) atoms. The molecular weight excluding hydrogens is 209 g/mol. The van der Waals surface area contributed by atoms with E-state index in [-0.39, 0.29) is 32.2 Å². The van der Waals surface area contributed by atoms with Gasteiger partial charge < -0.3 is 4.74 Å². The van der Waals surface area contributed by atoms with Gasteiger partial charge in [0.2, 0.25) is 0 Å². The zero-order chi connectivity index (χ0) is 7.70. The van der Waals surface area contributed by atoms with Crippen molar-refractivity contribution in [3.63, 3.8) is 0 Å². The molecule has 56 valence electrons. The molecule has 0 aliphatic heterocycles. The van der Waals surface area contributed by atoms with Crippen LogP contribution in [-0.2, 0) is 35.7 Å². The molecule has 0 amide bonds. The van der Waals surface area contributed by atoms with E-state index in [4.69, 9.17) is 5.26 Å². The van der Waals surface area contributed by atoms with Gasteiger partial charge >= 0.3 is 5.97 Å². The van der Waals surface area contributed by atoms with Crippen molar-refractivity contribution in [1.82, 2.24) is 0 Å². The second-order valence-corrected chi connectivity index (χ2v) is 1.15. The zero-order valence-corrected chi connectivity index (χ0v) is 8.93. The third-order valence-electron chi connectivity index (χ3n) is 0.348. The Kier molecular flexibility index (Phi) is 26.2. The van der Waals surface area contributed by atoms with Crippen LogP contribution in [0.5, 0.6) is 0 Å². The van der Waals surface area contributed by atoms with Crippen LogP contribution in [0.1, 0.15) is 20.8 Å². The van der Waals surface area contributed by atoms with Crippen LogP contribution in [0.4, 0.5) is 0 Å². The van der Waals surface area contributed by atoms with Gasteiger partial charge in [0.25, 0.3) is 0 Å². The number of ether oxygens (including phenoxy) is 1. The fourth-order valence-electron chi connectivity index (χ4n) is 0.203. The van der Waals surface area contributed by atoms with Gasteiger partial charge in [-0.15, -0.1) is 0 Å². The summed E-state index contributed by atoms with van der Waals surface area (Å²) in [7, 11) is 0. The molecule has 0 aliphatic rings. The van der Waals surface area contributed by atoms with Gasteiger partial charge in [-0.05, 0) is 6.92 Å². The minimum atomic E-state index is -0.211. The summed E-state index contributed by atoms with van der Waals surface area (Å²) in [5, 5.41) is 7.32. The van der Waals surface area contributed by atoms with Crippen LogP contribution >= 0.6 is 0 Å². The van der Waals surface area contributed by atoms with E-state index in [1.807, 2.05) is 0 Å². The summed E-state index contributed by atoms with van der Waals surface area (Å²) in [6, 6.07) is 1.75. The molecule has 0 saturated carbocycles. The summed E-state index contributed by atoms with van der Waals surface area (Å²) in [6.45, 7) is 5.08. The van der Waals surface area contributed by atoms with Crippen molar-refractivity contribution in [1.29, 1.82) is 5.26 Å². The summed E-state index contributed by atoms with van der Waals surface area (Å²) in [5.41, 5.74) is 0. The van der Waals surface area contributed by atoms with Crippen molar-refractivity contribution in [2.75, 3.05) is 6.61 Å². The molecule has 0 fully saturated rings. The van der Waals surface area contributed by atoms with Crippen LogP contribution in [0.25, 0.3) is 0 Å². The Morgan fingerprint density at radius 2 is 2.00 bits per heavy atom. The van der Waals surface area contributed by atoms with Crippen LogP contribution in [0, 0.1) is 11.3 Å². The molecule has 0 aromatic carbocycles. The molecule has 0 aromatic heterocycles. The predicted octanol–water partition coefficient (Wildman–Crippen LogP) is 1.10. The molecule has 0 unspecified atom stereocenters. The van der Waals surface area contributed by atoms with Gasteiger partial charge in [0.15, 0.2) is 0 Å². The molecule has 0 rings (SSSR count). The number of carbonyl (C=O) groups excluding carboxylic acids is 1. The first-order chi connectivity index (χ1) is 4.18. The average Bonchev–Trinajstić information content (AvgIpc) is 1.67. The third-order valence-corrected chi connectivity index (χ3v) is 0.348. The van der Waals surface area contributed by atoms with Gasteiger partial charge in [0.1, 0.15) is 0 Å². The SMILES string of the molecule is CC#N.CCOC(C)=O.[Zr]. The smallest absolute Gasteiger partial charge is 0.302 e. The minimum Gasteiger partial charge on any atom is -0.466 e. The van der Waals surface area contributed by atoms with Crippen molar-refractivity contribution in [2.24, 2.45) is 0 Å². The van der Waals surface area contributed by atoms with E-state index in [0.29, 0.717) is 6.61 Å². The topological polar surface area (TPSA) is 50.1 Å². The van der Waals surface area contributed by atoms with E-state index in [1.54, 1.807) is 13.0 Å². The Balaban J connectivity index is -0.000000107. The van der Waals surface area contributed by atoms with Crippen LogP contribution in [0.3, 0.4) is 0 Å². The fraction of sp³-hybridized carbons (Fsp3) is 0.667. The summed E-state index contributed by atoms with van der Waals surface area (Å²) >= 11 is 0. The van der Waals surface area contributed by atoms with Gasteiger partial charge in [-0.2, -0.15) is 5.26 Å². The maximum absolute atomic E-state index is 9.82. The largest absolute Gasteiger partial charge is 0.466 e. The van der Waals surface area contributed by atoms with E-state index in [0.717, 1.165) is 0 Å². The fourth-order valence-corrected chi connectivity index (χ4v) is 0.203. The van der Waals surface area contributed by atoms with Crippen molar-refractivity contribution in [3.8, 4) is 6.07 Å². The van der Waals surface area contributed by atoms with E-state index in [9.17, 15) is 4.79 Å². The van der Waals surface area contributed by atoms with Gasteiger partial charge in [0.05, 0.1) is 12.7 Å². The molecule has 0 heterocycles. The Labute approximate surface area is 80.5 Å². The van der Waals surface area contributed by atoms with Crippen LogP contribution in [0.15, 0.2) is 0 Å². The molecule has 0 bridgehead atoms. The second kappa shape index (κ2) is 15.9. The quantitative estimate of drug-likeness (QED) is 0.622. The number of esters is 1. The maximum Gasteiger partial charge on any atom is 0.302 e. The molecule has 4 heteroatoms. The van der Waals surface area contributed by atoms with Crippen LogP contribution in [-0.4, -0.2) is 12.6 Å². The normalized spacial score (nSPS) is 5.40. The van der Waals surface area contributed by atoms with Gasteiger partial charge in [-0.25, -0.2) is 0 Å². The van der Waals surface area contributed by atoms with E-state index >= 15 is 0 Å². The summed E-state index contributed by atoms with van der Waals surface area (Å²) in [5.74, 6) is -0.211. The molecule has 0 radical (unpaired) electrons. The van der Waals surface area contributed by atoms with Crippen molar-refractivity contribution in [2.45, 2.75) is 20.8 Å². The number of hydrogen-bond acceptors (Lipinski definition) is 3. The van der Waals surface area contributed by atoms with Crippen molar-refractivity contribution in [3.05, 3.63) is 0 Å². The standard InChI is InChI=1S/C4H8O2.C2H3N.Zr/c1-3-6-4(2)5;1-2-3;/h3H2,1-2H3;1H3;. The van der Waals surface area contributed by atoms with Gasteiger partial charge in [0, 0.05) is 40.1 Å². The first-order valence-corrected chi connectivity index (χ1v) is 2.63. The minimum absolute atomic E-state index is 0. The summed E-state index contributed by atoms with van der Waals surface area (Å²) in [4.78, 5) is 9.82.